The second-order valence-corrected chi connectivity index (χ2v) is 6.98. The van der Waals surface area contributed by atoms with E-state index in [1.165, 1.54) is 0 Å². The molecule has 0 radical (unpaired) electrons. The second-order valence-electron chi connectivity index (χ2n) is 4.62. The van der Waals surface area contributed by atoms with Crippen molar-refractivity contribution in [2.45, 2.75) is 32.5 Å². The fourth-order valence-electron chi connectivity index (χ4n) is 1.99. The van der Waals surface area contributed by atoms with Crippen LogP contribution < -0.4 is 0 Å². The summed E-state index contributed by atoms with van der Waals surface area (Å²) in [5, 5.41) is 9.95. The molecule has 2 N–H and O–H groups in total. The molecule has 3 unspecified atom stereocenters. The number of hydrogen-bond acceptors (Lipinski definition) is 2. The predicted octanol–water partition coefficient (Wildman–Crippen LogP) is 3.38. The van der Waals surface area contributed by atoms with E-state index in [1.807, 2.05) is 19.9 Å². The summed E-state index contributed by atoms with van der Waals surface area (Å²) in [5.41, 5.74) is 0.516. The number of rotatable bonds is 6. The van der Waals surface area contributed by atoms with Crippen molar-refractivity contribution in [3.05, 3.63) is 35.9 Å². The lowest BCUT2D eigenvalue weighted by Gasteiger charge is -2.21. The molecule has 0 amide bonds. The molecule has 1 aromatic carbocycles. The first-order valence-corrected chi connectivity index (χ1v) is 7.93. The molecule has 0 heterocycles. The molecule has 0 fully saturated rings. The van der Waals surface area contributed by atoms with E-state index in [0.29, 0.717) is 5.56 Å². The molecule has 0 spiro atoms. The summed E-state index contributed by atoms with van der Waals surface area (Å²) in [7, 11) is -3.54. The molecule has 0 saturated heterocycles. The molecule has 0 aromatic heterocycles. The van der Waals surface area contributed by atoms with E-state index in [0.717, 1.165) is 12.8 Å². The van der Waals surface area contributed by atoms with Crippen molar-refractivity contribution >= 4 is 7.37 Å². The molecule has 3 atom stereocenters. The Balaban J connectivity index is 2.73. The maximum absolute atomic E-state index is 12.1. The van der Waals surface area contributed by atoms with Gasteiger partial charge in [0.25, 0.3) is 0 Å². The average Bonchev–Trinajstić information content (AvgIpc) is 2.28. The maximum atomic E-state index is 12.1. The van der Waals surface area contributed by atoms with Crippen LogP contribution in [0.25, 0.3) is 0 Å². The Morgan fingerprint density at radius 3 is 2.41 bits per heavy atom. The van der Waals surface area contributed by atoms with Crippen molar-refractivity contribution in [1.82, 2.24) is 0 Å². The fraction of sp³-hybridized carbons (Fsp3) is 0.538. The Bertz CT molecular complexity index is 378. The van der Waals surface area contributed by atoms with E-state index >= 15 is 0 Å². The van der Waals surface area contributed by atoms with Crippen LogP contribution in [-0.2, 0) is 4.57 Å². The topological polar surface area (TPSA) is 57.5 Å². The zero-order valence-electron chi connectivity index (χ0n) is 10.4. The molecule has 1 aromatic rings. The molecule has 4 heteroatoms. The van der Waals surface area contributed by atoms with Gasteiger partial charge in [-0.2, -0.15) is 0 Å². The first kappa shape index (κ1) is 14.4. The summed E-state index contributed by atoms with van der Waals surface area (Å²) in [5.74, 6) is -1.10. The van der Waals surface area contributed by atoms with E-state index < -0.39 is 13.2 Å². The minimum absolute atomic E-state index is 0.161. The highest BCUT2D eigenvalue weighted by molar-refractivity contribution is 7.58. The van der Waals surface area contributed by atoms with Gasteiger partial charge in [-0.3, -0.25) is 4.57 Å². The zero-order chi connectivity index (χ0) is 12.9. The summed E-state index contributed by atoms with van der Waals surface area (Å²) in [6.07, 6.45) is 2.07. The van der Waals surface area contributed by atoms with Crippen molar-refractivity contribution in [3.63, 3.8) is 0 Å². The third-order valence-electron chi connectivity index (χ3n) is 2.83. The van der Waals surface area contributed by atoms with E-state index in [2.05, 4.69) is 0 Å². The van der Waals surface area contributed by atoms with Crippen molar-refractivity contribution in [2.24, 2.45) is 5.92 Å². The summed E-state index contributed by atoms with van der Waals surface area (Å²) < 4.78 is 12.1. The molecule has 1 rings (SSSR count). The standard InChI is InChI=1S/C13H21O3P/c1-3-7-11(2)10-17(15,16)13(14)12-8-5-4-6-9-12/h4-6,8-9,11,13-14H,3,7,10H2,1-2H3,(H,15,16). The van der Waals surface area contributed by atoms with Gasteiger partial charge in [0.05, 0.1) is 0 Å². The van der Waals surface area contributed by atoms with Gasteiger partial charge in [-0.25, -0.2) is 0 Å². The van der Waals surface area contributed by atoms with Gasteiger partial charge in [0.15, 0.2) is 5.85 Å². The maximum Gasteiger partial charge on any atom is 0.232 e. The van der Waals surface area contributed by atoms with E-state index in [9.17, 15) is 14.6 Å². The first-order valence-electron chi connectivity index (χ1n) is 6.02. The van der Waals surface area contributed by atoms with Gasteiger partial charge >= 0.3 is 0 Å². The molecular weight excluding hydrogens is 235 g/mol. The Morgan fingerprint density at radius 2 is 1.88 bits per heavy atom. The quantitative estimate of drug-likeness (QED) is 0.767. The Hall–Kier alpha value is -0.630. The first-order chi connectivity index (χ1) is 7.97. The lowest BCUT2D eigenvalue weighted by Crippen LogP contribution is -2.08. The van der Waals surface area contributed by atoms with Crippen LogP contribution in [0.2, 0.25) is 0 Å². The van der Waals surface area contributed by atoms with Gasteiger partial charge in [0, 0.05) is 6.16 Å². The number of hydrogen-bond donors (Lipinski definition) is 2. The van der Waals surface area contributed by atoms with Gasteiger partial charge in [0.1, 0.15) is 0 Å². The van der Waals surface area contributed by atoms with E-state index in [-0.39, 0.29) is 12.1 Å². The van der Waals surface area contributed by atoms with Crippen LogP contribution in [0.4, 0.5) is 0 Å². The van der Waals surface area contributed by atoms with Gasteiger partial charge < -0.3 is 10.00 Å². The highest BCUT2D eigenvalue weighted by Crippen LogP contribution is 2.55. The molecular formula is C13H21O3P. The van der Waals surface area contributed by atoms with Crippen LogP contribution in [0.3, 0.4) is 0 Å². The van der Waals surface area contributed by atoms with Gasteiger partial charge in [-0.05, 0) is 11.5 Å². The van der Waals surface area contributed by atoms with Crippen LogP contribution in [0.5, 0.6) is 0 Å². The lowest BCUT2D eigenvalue weighted by atomic mass is 10.1. The molecule has 0 bridgehead atoms. The van der Waals surface area contributed by atoms with Crippen molar-refractivity contribution < 1.29 is 14.6 Å². The molecule has 0 aliphatic rings. The number of aliphatic hydroxyl groups excluding tert-OH is 1. The highest BCUT2D eigenvalue weighted by atomic mass is 31.2. The lowest BCUT2D eigenvalue weighted by molar-refractivity contribution is 0.233. The highest BCUT2D eigenvalue weighted by Gasteiger charge is 2.31. The van der Waals surface area contributed by atoms with Crippen molar-refractivity contribution in [3.8, 4) is 0 Å². The summed E-state index contributed by atoms with van der Waals surface area (Å²) >= 11 is 0. The zero-order valence-corrected chi connectivity index (χ0v) is 11.3. The Labute approximate surface area is 103 Å². The third kappa shape index (κ3) is 4.27. The normalized spacial score (nSPS) is 18.4. The Morgan fingerprint density at radius 1 is 1.29 bits per heavy atom. The fourth-order valence-corrected chi connectivity index (χ4v) is 3.90. The molecule has 17 heavy (non-hydrogen) atoms. The molecule has 0 saturated carbocycles. The van der Waals surface area contributed by atoms with Crippen LogP contribution >= 0.6 is 7.37 Å². The van der Waals surface area contributed by atoms with Crippen LogP contribution in [0, 0.1) is 5.92 Å². The average molecular weight is 256 g/mol. The minimum Gasteiger partial charge on any atom is -0.378 e. The van der Waals surface area contributed by atoms with Crippen LogP contribution in [-0.4, -0.2) is 16.2 Å². The molecule has 0 aliphatic heterocycles. The monoisotopic (exact) mass is 256 g/mol. The van der Waals surface area contributed by atoms with Gasteiger partial charge in [-0.1, -0.05) is 57.0 Å². The molecule has 3 nitrogen and oxygen atoms in total. The Kier molecular flexibility index (Phi) is 5.38. The van der Waals surface area contributed by atoms with Crippen molar-refractivity contribution in [2.75, 3.05) is 6.16 Å². The van der Waals surface area contributed by atoms with Gasteiger partial charge in [-0.15, -0.1) is 0 Å². The van der Waals surface area contributed by atoms with Crippen LogP contribution in [0.1, 0.15) is 38.1 Å². The van der Waals surface area contributed by atoms with Crippen LogP contribution in [0.15, 0.2) is 30.3 Å². The van der Waals surface area contributed by atoms with E-state index in [1.54, 1.807) is 24.3 Å². The summed E-state index contributed by atoms with van der Waals surface area (Å²) in [6, 6.07) is 8.69. The SMILES string of the molecule is CCCC(C)CP(=O)(O)C(O)c1ccccc1. The summed E-state index contributed by atoms with van der Waals surface area (Å²) in [4.78, 5) is 9.94. The number of aliphatic hydroxyl groups is 1. The van der Waals surface area contributed by atoms with Gasteiger partial charge in [0.2, 0.25) is 7.37 Å². The molecule has 96 valence electrons. The third-order valence-corrected chi connectivity index (χ3v) is 5.04. The molecule has 0 aliphatic carbocycles. The van der Waals surface area contributed by atoms with E-state index in [4.69, 9.17) is 0 Å². The summed E-state index contributed by atoms with van der Waals surface area (Å²) in [6.45, 7) is 4.00. The smallest absolute Gasteiger partial charge is 0.232 e. The minimum atomic E-state index is -3.54. The largest absolute Gasteiger partial charge is 0.378 e. The predicted molar refractivity (Wildman–Crippen MR) is 70.2 cm³/mol. The second kappa shape index (κ2) is 6.34. The van der Waals surface area contributed by atoms with Crippen molar-refractivity contribution in [1.29, 1.82) is 0 Å². The number of benzene rings is 1.